The number of rotatable bonds is 6. The lowest BCUT2D eigenvalue weighted by atomic mass is 9.96. The summed E-state index contributed by atoms with van der Waals surface area (Å²) >= 11 is 1.75. The normalized spacial score (nSPS) is 12.3. The third kappa shape index (κ3) is 3.59. The Balaban J connectivity index is 1.96. The Morgan fingerprint density at radius 2 is 1.94 bits per heavy atom. The van der Waals surface area contributed by atoms with E-state index in [1.165, 1.54) is 10.4 Å². The third-order valence-electron chi connectivity index (χ3n) is 3.01. The van der Waals surface area contributed by atoms with E-state index in [4.69, 9.17) is 4.74 Å². The number of hydrogen-bond donors (Lipinski definition) is 1. The van der Waals surface area contributed by atoms with Crippen molar-refractivity contribution in [3.63, 3.8) is 0 Å². The fraction of sp³-hybridized carbons (Fsp3) is 0.333. The van der Waals surface area contributed by atoms with Crippen LogP contribution in [0.3, 0.4) is 0 Å². The van der Waals surface area contributed by atoms with Gasteiger partial charge in [-0.3, -0.25) is 0 Å². The molecule has 0 bridgehead atoms. The van der Waals surface area contributed by atoms with Gasteiger partial charge in [0.1, 0.15) is 5.75 Å². The molecule has 2 rings (SSSR count). The topological polar surface area (TPSA) is 29.5 Å². The van der Waals surface area contributed by atoms with Gasteiger partial charge in [0.05, 0.1) is 7.11 Å². The highest BCUT2D eigenvalue weighted by Crippen LogP contribution is 2.19. The molecule has 1 N–H and O–H groups in total. The monoisotopic (exact) mass is 262 g/mol. The largest absolute Gasteiger partial charge is 0.497 e. The molecule has 0 aliphatic heterocycles. The van der Waals surface area contributed by atoms with Crippen molar-refractivity contribution in [1.82, 2.24) is 0 Å². The molecule has 0 radical (unpaired) electrons. The Bertz CT molecular complexity index is 448. The molecule has 0 saturated heterocycles. The van der Waals surface area contributed by atoms with E-state index in [0.29, 0.717) is 0 Å². The molecule has 1 aromatic carbocycles. The quantitative estimate of drug-likeness (QED) is 0.866. The zero-order valence-electron chi connectivity index (χ0n) is 10.5. The van der Waals surface area contributed by atoms with Gasteiger partial charge in [-0.05, 0) is 47.9 Å². The number of ether oxygens (including phenoxy) is 1. The maximum Gasteiger partial charge on any atom is 0.118 e. The van der Waals surface area contributed by atoms with E-state index < -0.39 is 0 Å². The number of benzene rings is 1. The van der Waals surface area contributed by atoms with Crippen LogP contribution in [0, 0.1) is 5.92 Å². The molecule has 0 amide bonds. The molecule has 0 saturated carbocycles. The van der Waals surface area contributed by atoms with Crippen LogP contribution >= 0.6 is 11.3 Å². The van der Waals surface area contributed by atoms with Crippen molar-refractivity contribution < 1.29 is 9.84 Å². The van der Waals surface area contributed by atoms with E-state index in [1.807, 2.05) is 12.1 Å². The Morgan fingerprint density at radius 3 is 2.50 bits per heavy atom. The first-order valence-electron chi connectivity index (χ1n) is 6.08. The van der Waals surface area contributed by atoms with Gasteiger partial charge in [0.25, 0.3) is 0 Å². The molecule has 2 aromatic rings. The minimum Gasteiger partial charge on any atom is -0.497 e. The molecule has 1 aromatic heterocycles. The van der Waals surface area contributed by atoms with Gasteiger partial charge in [0.2, 0.25) is 0 Å². The minimum absolute atomic E-state index is 0.226. The molecule has 3 heteroatoms. The number of aliphatic hydroxyl groups excluding tert-OH is 1. The fourth-order valence-corrected chi connectivity index (χ4v) is 2.83. The van der Waals surface area contributed by atoms with E-state index >= 15 is 0 Å². The maximum atomic E-state index is 9.47. The first-order valence-corrected chi connectivity index (χ1v) is 6.96. The zero-order valence-corrected chi connectivity index (χ0v) is 11.3. The first kappa shape index (κ1) is 13.1. The van der Waals surface area contributed by atoms with Crippen molar-refractivity contribution >= 4 is 11.3 Å². The molecule has 18 heavy (non-hydrogen) atoms. The van der Waals surface area contributed by atoms with E-state index in [9.17, 15) is 5.11 Å². The van der Waals surface area contributed by atoms with Crippen molar-refractivity contribution in [1.29, 1.82) is 0 Å². The van der Waals surface area contributed by atoms with Crippen molar-refractivity contribution in [3.8, 4) is 5.75 Å². The third-order valence-corrected chi connectivity index (χ3v) is 3.91. The predicted molar refractivity (Wildman–Crippen MR) is 75.3 cm³/mol. The molecule has 1 unspecified atom stereocenters. The summed E-state index contributed by atoms with van der Waals surface area (Å²) in [4.78, 5) is 1.34. The lowest BCUT2D eigenvalue weighted by molar-refractivity contribution is 0.225. The van der Waals surface area contributed by atoms with Gasteiger partial charge in [-0.15, -0.1) is 11.3 Å². The summed E-state index contributed by atoms with van der Waals surface area (Å²) in [5.41, 5.74) is 1.24. The predicted octanol–water partition coefficient (Wildman–Crippen LogP) is 3.15. The molecule has 2 nitrogen and oxygen atoms in total. The Labute approximate surface area is 112 Å². The highest BCUT2D eigenvalue weighted by molar-refractivity contribution is 7.09. The molecule has 0 spiro atoms. The van der Waals surface area contributed by atoms with Crippen molar-refractivity contribution in [2.75, 3.05) is 13.7 Å². The molecule has 1 heterocycles. The SMILES string of the molecule is COc1ccc(CC(CO)Cc2cccs2)cc1. The van der Waals surface area contributed by atoms with Crippen LogP contribution in [0.2, 0.25) is 0 Å². The summed E-state index contributed by atoms with van der Waals surface area (Å²) in [5, 5.41) is 11.5. The fourth-order valence-electron chi connectivity index (χ4n) is 2.01. The van der Waals surface area contributed by atoms with Crippen LogP contribution < -0.4 is 4.74 Å². The highest BCUT2D eigenvalue weighted by atomic mass is 32.1. The average Bonchev–Trinajstić information content (AvgIpc) is 2.91. The average molecular weight is 262 g/mol. The smallest absolute Gasteiger partial charge is 0.118 e. The molecule has 0 aliphatic rings. The molecule has 96 valence electrons. The number of hydrogen-bond acceptors (Lipinski definition) is 3. The van der Waals surface area contributed by atoms with E-state index in [1.54, 1.807) is 18.4 Å². The minimum atomic E-state index is 0.226. The van der Waals surface area contributed by atoms with E-state index in [2.05, 4.69) is 29.6 Å². The van der Waals surface area contributed by atoms with E-state index in [-0.39, 0.29) is 12.5 Å². The van der Waals surface area contributed by atoms with Crippen LogP contribution in [-0.4, -0.2) is 18.8 Å². The number of thiophene rings is 1. The van der Waals surface area contributed by atoms with Crippen LogP contribution in [0.4, 0.5) is 0 Å². The van der Waals surface area contributed by atoms with Gasteiger partial charge in [-0.1, -0.05) is 18.2 Å². The second-order valence-electron chi connectivity index (χ2n) is 4.38. The Kier molecular flexibility index (Phi) is 4.79. The number of aliphatic hydroxyl groups is 1. The molecular formula is C15H18O2S. The summed E-state index contributed by atoms with van der Waals surface area (Å²) in [5.74, 6) is 1.16. The van der Waals surface area contributed by atoms with Gasteiger partial charge < -0.3 is 9.84 Å². The van der Waals surface area contributed by atoms with Crippen LogP contribution in [-0.2, 0) is 12.8 Å². The summed E-state index contributed by atoms with van der Waals surface area (Å²) < 4.78 is 5.14. The van der Waals surface area contributed by atoms with Crippen LogP contribution in [0.15, 0.2) is 41.8 Å². The van der Waals surface area contributed by atoms with Crippen molar-refractivity contribution in [3.05, 3.63) is 52.2 Å². The van der Waals surface area contributed by atoms with E-state index in [0.717, 1.165) is 18.6 Å². The van der Waals surface area contributed by atoms with Gasteiger partial charge in [-0.25, -0.2) is 0 Å². The molecular weight excluding hydrogens is 244 g/mol. The second-order valence-corrected chi connectivity index (χ2v) is 5.42. The highest BCUT2D eigenvalue weighted by Gasteiger charge is 2.10. The van der Waals surface area contributed by atoms with Gasteiger partial charge in [0, 0.05) is 11.5 Å². The second kappa shape index (κ2) is 6.57. The summed E-state index contributed by atoms with van der Waals surface area (Å²) in [6.07, 6.45) is 1.85. The van der Waals surface area contributed by atoms with Gasteiger partial charge in [-0.2, -0.15) is 0 Å². The van der Waals surface area contributed by atoms with Crippen molar-refractivity contribution in [2.45, 2.75) is 12.8 Å². The first-order chi connectivity index (χ1) is 8.81. The van der Waals surface area contributed by atoms with Gasteiger partial charge in [0.15, 0.2) is 0 Å². The van der Waals surface area contributed by atoms with Gasteiger partial charge >= 0.3 is 0 Å². The Morgan fingerprint density at radius 1 is 1.17 bits per heavy atom. The lowest BCUT2D eigenvalue weighted by Gasteiger charge is -2.13. The van der Waals surface area contributed by atoms with Crippen LogP contribution in [0.5, 0.6) is 5.75 Å². The van der Waals surface area contributed by atoms with Crippen LogP contribution in [0.25, 0.3) is 0 Å². The molecule has 1 atom stereocenters. The standard InChI is InChI=1S/C15H18O2S/c1-17-14-6-4-12(5-7-14)9-13(11-16)10-15-3-2-8-18-15/h2-8,13,16H,9-11H2,1H3. The molecule has 0 fully saturated rings. The summed E-state index contributed by atoms with van der Waals surface area (Å²) in [6.45, 7) is 0.226. The van der Waals surface area contributed by atoms with Crippen molar-refractivity contribution in [2.24, 2.45) is 5.92 Å². The summed E-state index contributed by atoms with van der Waals surface area (Å²) in [7, 11) is 1.67. The number of methoxy groups -OCH3 is 1. The maximum absolute atomic E-state index is 9.47. The lowest BCUT2D eigenvalue weighted by Crippen LogP contribution is -2.12. The molecule has 0 aliphatic carbocycles. The summed E-state index contributed by atoms with van der Waals surface area (Å²) in [6, 6.07) is 12.2. The Hall–Kier alpha value is -1.32. The van der Waals surface area contributed by atoms with Crippen LogP contribution in [0.1, 0.15) is 10.4 Å². The zero-order chi connectivity index (χ0) is 12.8.